The third-order valence-corrected chi connectivity index (χ3v) is 1.25. The Morgan fingerprint density at radius 3 is 2.60 bits per heavy atom. The van der Waals surface area contributed by atoms with E-state index in [1.54, 1.807) is 13.4 Å². The molecule has 0 aliphatic heterocycles. The van der Waals surface area contributed by atoms with Gasteiger partial charge in [-0.05, 0) is 18.9 Å². The maximum absolute atomic E-state index is 5.14. The van der Waals surface area contributed by atoms with Gasteiger partial charge in [-0.2, -0.15) is 0 Å². The quantitative estimate of drug-likeness (QED) is 0.434. The van der Waals surface area contributed by atoms with Crippen molar-refractivity contribution in [1.29, 1.82) is 0 Å². The van der Waals surface area contributed by atoms with Crippen LogP contribution in [0.2, 0.25) is 0 Å². The second-order valence-electron chi connectivity index (χ2n) is 2.18. The van der Waals surface area contributed by atoms with Gasteiger partial charge in [0.2, 0.25) is 0 Å². The molecule has 2 nitrogen and oxygen atoms in total. The molecule has 0 saturated heterocycles. The second kappa shape index (κ2) is 6.62. The fourth-order valence-corrected chi connectivity index (χ4v) is 0.416. The summed E-state index contributed by atoms with van der Waals surface area (Å²) >= 11 is 0. The Labute approximate surface area is 62.8 Å². The van der Waals surface area contributed by atoms with Crippen LogP contribution in [-0.4, -0.2) is 20.3 Å². The van der Waals surface area contributed by atoms with Gasteiger partial charge < -0.3 is 9.47 Å². The van der Waals surface area contributed by atoms with Crippen molar-refractivity contribution in [2.75, 3.05) is 20.3 Å². The summed E-state index contributed by atoms with van der Waals surface area (Å²) in [5.41, 5.74) is 1.26. The molecular weight excluding hydrogens is 128 g/mol. The van der Waals surface area contributed by atoms with Crippen molar-refractivity contribution in [1.82, 2.24) is 0 Å². The molecule has 0 aliphatic carbocycles. The SMILES string of the molecule is CCC(C)=COCCOC. The molecule has 0 N–H and O–H groups in total. The van der Waals surface area contributed by atoms with Crippen molar-refractivity contribution in [2.24, 2.45) is 0 Å². The number of hydrogen-bond donors (Lipinski definition) is 0. The fraction of sp³-hybridized carbons (Fsp3) is 0.750. The zero-order chi connectivity index (χ0) is 7.82. The van der Waals surface area contributed by atoms with Crippen LogP contribution in [-0.2, 0) is 9.47 Å². The van der Waals surface area contributed by atoms with Crippen LogP contribution in [0, 0.1) is 0 Å². The van der Waals surface area contributed by atoms with Crippen LogP contribution in [0.5, 0.6) is 0 Å². The van der Waals surface area contributed by atoms with Crippen molar-refractivity contribution in [3.63, 3.8) is 0 Å². The minimum absolute atomic E-state index is 0.647. The second-order valence-corrected chi connectivity index (χ2v) is 2.18. The summed E-state index contributed by atoms with van der Waals surface area (Å²) in [7, 11) is 1.67. The van der Waals surface area contributed by atoms with Gasteiger partial charge in [0, 0.05) is 7.11 Å². The summed E-state index contributed by atoms with van der Waals surface area (Å²) in [4.78, 5) is 0. The molecule has 0 aromatic heterocycles. The van der Waals surface area contributed by atoms with Crippen LogP contribution in [0.15, 0.2) is 11.8 Å². The predicted octanol–water partition coefficient (Wildman–Crippen LogP) is 1.96. The lowest BCUT2D eigenvalue weighted by Gasteiger charge is -2.00. The molecule has 0 rings (SSSR count). The molecule has 0 bridgehead atoms. The summed E-state index contributed by atoms with van der Waals surface area (Å²) in [5, 5.41) is 0. The van der Waals surface area contributed by atoms with Gasteiger partial charge in [0.15, 0.2) is 0 Å². The highest BCUT2D eigenvalue weighted by atomic mass is 16.5. The molecule has 0 amide bonds. The van der Waals surface area contributed by atoms with Gasteiger partial charge in [0.1, 0.15) is 6.61 Å². The van der Waals surface area contributed by atoms with E-state index in [0.29, 0.717) is 13.2 Å². The topological polar surface area (TPSA) is 18.5 Å². The average molecular weight is 144 g/mol. The van der Waals surface area contributed by atoms with Crippen molar-refractivity contribution in [2.45, 2.75) is 20.3 Å². The van der Waals surface area contributed by atoms with Gasteiger partial charge in [0.25, 0.3) is 0 Å². The molecule has 0 aliphatic rings. The van der Waals surface area contributed by atoms with Crippen molar-refractivity contribution < 1.29 is 9.47 Å². The standard InChI is InChI=1S/C8H16O2/c1-4-8(2)7-10-6-5-9-3/h7H,4-6H2,1-3H3. The number of allylic oxidation sites excluding steroid dienone is 1. The lowest BCUT2D eigenvalue weighted by atomic mass is 10.3. The van der Waals surface area contributed by atoms with Crippen molar-refractivity contribution in [3.05, 3.63) is 11.8 Å². The van der Waals surface area contributed by atoms with Gasteiger partial charge >= 0.3 is 0 Å². The van der Waals surface area contributed by atoms with Crippen LogP contribution in [0.1, 0.15) is 20.3 Å². The van der Waals surface area contributed by atoms with E-state index in [0.717, 1.165) is 6.42 Å². The van der Waals surface area contributed by atoms with E-state index >= 15 is 0 Å². The Kier molecular flexibility index (Phi) is 6.29. The van der Waals surface area contributed by atoms with E-state index in [9.17, 15) is 0 Å². The summed E-state index contributed by atoms with van der Waals surface area (Å²) < 4.78 is 9.94. The van der Waals surface area contributed by atoms with Gasteiger partial charge in [-0.15, -0.1) is 0 Å². The molecule has 0 fully saturated rings. The molecule has 0 radical (unpaired) electrons. The molecule has 60 valence electrons. The Bertz CT molecular complexity index is 97.4. The highest BCUT2D eigenvalue weighted by molar-refractivity contribution is 4.90. The van der Waals surface area contributed by atoms with Gasteiger partial charge in [-0.1, -0.05) is 6.92 Å². The maximum Gasteiger partial charge on any atom is 0.111 e. The summed E-state index contributed by atoms with van der Waals surface area (Å²) in [5.74, 6) is 0. The lowest BCUT2D eigenvalue weighted by Crippen LogP contribution is -1.97. The third-order valence-electron chi connectivity index (χ3n) is 1.25. The molecule has 2 heteroatoms. The van der Waals surface area contributed by atoms with E-state index in [1.165, 1.54) is 5.57 Å². The van der Waals surface area contributed by atoms with E-state index < -0.39 is 0 Å². The lowest BCUT2D eigenvalue weighted by molar-refractivity contribution is 0.122. The number of ether oxygens (including phenoxy) is 2. The first-order valence-electron chi connectivity index (χ1n) is 3.57. The van der Waals surface area contributed by atoms with Crippen LogP contribution >= 0.6 is 0 Å². The average Bonchev–Trinajstić information content (AvgIpc) is 1.98. The number of hydrogen-bond acceptors (Lipinski definition) is 2. The third kappa shape index (κ3) is 5.63. The smallest absolute Gasteiger partial charge is 0.111 e. The zero-order valence-electron chi connectivity index (χ0n) is 7.02. The van der Waals surface area contributed by atoms with Crippen LogP contribution in [0.4, 0.5) is 0 Å². The first-order chi connectivity index (χ1) is 4.81. The monoisotopic (exact) mass is 144 g/mol. The molecule has 0 unspecified atom stereocenters. The Morgan fingerprint density at radius 1 is 1.40 bits per heavy atom. The van der Waals surface area contributed by atoms with Crippen molar-refractivity contribution in [3.8, 4) is 0 Å². The van der Waals surface area contributed by atoms with E-state index in [1.807, 2.05) is 6.92 Å². The largest absolute Gasteiger partial charge is 0.499 e. The molecule has 0 aromatic rings. The molecule has 0 spiro atoms. The Hall–Kier alpha value is -0.500. The van der Waals surface area contributed by atoms with Crippen LogP contribution in [0.25, 0.3) is 0 Å². The summed E-state index contributed by atoms with van der Waals surface area (Å²) in [6, 6.07) is 0. The van der Waals surface area contributed by atoms with Gasteiger partial charge in [0.05, 0.1) is 12.9 Å². The summed E-state index contributed by atoms with van der Waals surface area (Å²) in [6.45, 7) is 5.46. The van der Waals surface area contributed by atoms with Gasteiger partial charge in [-0.3, -0.25) is 0 Å². The highest BCUT2D eigenvalue weighted by Gasteiger charge is 1.83. The number of methoxy groups -OCH3 is 1. The normalized spacial score (nSPS) is 11.7. The Morgan fingerprint density at radius 2 is 2.10 bits per heavy atom. The van der Waals surface area contributed by atoms with Gasteiger partial charge in [-0.25, -0.2) is 0 Å². The summed E-state index contributed by atoms with van der Waals surface area (Å²) in [6.07, 6.45) is 2.84. The number of rotatable bonds is 5. The molecule has 0 atom stereocenters. The molecular formula is C8H16O2. The minimum Gasteiger partial charge on any atom is -0.499 e. The van der Waals surface area contributed by atoms with E-state index in [4.69, 9.17) is 9.47 Å². The minimum atomic E-state index is 0.647. The Balaban J connectivity index is 3.16. The zero-order valence-corrected chi connectivity index (χ0v) is 7.02. The van der Waals surface area contributed by atoms with E-state index in [2.05, 4.69) is 6.92 Å². The first kappa shape index (κ1) is 9.50. The van der Waals surface area contributed by atoms with E-state index in [-0.39, 0.29) is 0 Å². The molecule has 0 heterocycles. The first-order valence-corrected chi connectivity index (χ1v) is 3.57. The molecule has 0 aromatic carbocycles. The fourth-order valence-electron chi connectivity index (χ4n) is 0.416. The highest BCUT2D eigenvalue weighted by Crippen LogP contribution is 1.97. The van der Waals surface area contributed by atoms with Crippen molar-refractivity contribution >= 4 is 0 Å². The van der Waals surface area contributed by atoms with Crippen LogP contribution < -0.4 is 0 Å². The maximum atomic E-state index is 5.14. The molecule has 10 heavy (non-hydrogen) atoms. The predicted molar refractivity (Wildman–Crippen MR) is 41.9 cm³/mol. The van der Waals surface area contributed by atoms with Crippen LogP contribution in [0.3, 0.4) is 0 Å². The molecule has 0 saturated carbocycles.